The molecule has 2 aliphatic heterocycles. The number of nitrogens with zero attached hydrogens (tertiary/aromatic N) is 1. The van der Waals surface area contributed by atoms with Crippen molar-refractivity contribution in [2.45, 2.75) is 25.7 Å². The molecule has 114 valence electrons. The highest BCUT2D eigenvalue weighted by Crippen LogP contribution is 2.25. The van der Waals surface area contributed by atoms with Gasteiger partial charge in [-0.1, -0.05) is 18.2 Å². The molecular weight excluding hydrogens is 258 g/mol. The van der Waals surface area contributed by atoms with Gasteiger partial charge in [0.25, 0.3) is 0 Å². The molecule has 1 aromatic carbocycles. The van der Waals surface area contributed by atoms with E-state index in [2.05, 4.69) is 53.0 Å². The molecule has 0 atom stereocenters. The van der Waals surface area contributed by atoms with Crippen molar-refractivity contribution in [2.75, 3.05) is 38.5 Å². The first-order chi connectivity index (χ1) is 10.3. The molecule has 0 saturated carbocycles. The van der Waals surface area contributed by atoms with Gasteiger partial charge in [-0.3, -0.25) is 0 Å². The summed E-state index contributed by atoms with van der Waals surface area (Å²) in [5, 5.41) is 6.87. The minimum atomic E-state index is 0.885. The third-order valence-electron chi connectivity index (χ3n) is 4.71. The first kappa shape index (κ1) is 14.6. The van der Waals surface area contributed by atoms with Crippen molar-refractivity contribution in [3.8, 4) is 0 Å². The van der Waals surface area contributed by atoms with Gasteiger partial charge in [0.15, 0.2) is 0 Å². The van der Waals surface area contributed by atoms with Gasteiger partial charge in [0, 0.05) is 25.0 Å². The van der Waals surface area contributed by atoms with Gasteiger partial charge < -0.3 is 15.5 Å². The van der Waals surface area contributed by atoms with Gasteiger partial charge in [-0.25, -0.2) is 0 Å². The molecule has 3 heteroatoms. The van der Waals surface area contributed by atoms with E-state index in [4.69, 9.17) is 0 Å². The summed E-state index contributed by atoms with van der Waals surface area (Å²) in [4.78, 5) is 2.51. The van der Waals surface area contributed by atoms with Gasteiger partial charge in [0.05, 0.1) is 0 Å². The smallest absolute Gasteiger partial charge is 0.0415 e. The minimum Gasteiger partial charge on any atom is -0.361 e. The van der Waals surface area contributed by atoms with Crippen LogP contribution in [-0.2, 0) is 6.42 Å². The van der Waals surface area contributed by atoms with Gasteiger partial charge in [-0.15, -0.1) is 0 Å². The number of benzene rings is 1. The zero-order valence-corrected chi connectivity index (χ0v) is 13.1. The van der Waals surface area contributed by atoms with Gasteiger partial charge in [0.2, 0.25) is 0 Å². The molecule has 2 aliphatic rings. The Kier molecular flexibility index (Phi) is 4.94. The lowest BCUT2D eigenvalue weighted by atomic mass is 9.96. The van der Waals surface area contributed by atoms with Crippen molar-refractivity contribution in [3.63, 3.8) is 0 Å². The highest BCUT2D eigenvalue weighted by molar-refractivity contribution is 5.57. The summed E-state index contributed by atoms with van der Waals surface area (Å²) in [5.74, 6) is 0.885. The van der Waals surface area contributed by atoms with Gasteiger partial charge in [0.1, 0.15) is 0 Å². The molecular formula is C18H27N3. The van der Waals surface area contributed by atoms with Crippen molar-refractivity contribution in [2.24, 2.45) is 5.92 Å². The summed E-state index contributed by atoms with van der Waals surface area (Å²) in [6, 6.07) is 8.62. The quantitative estimate of drug-likeness (QED) is 0.871. The number of nitrogens with one attached hydrogen (secondary N) is 2. The first-order valence-electron chi connectivity index (χ1n) is 8.23. The van der Waals surface area contributed by atoms with Crippen LogP contribution in [0.25, 0.3) is 0 Å². The van der Waals surface area contributed by atoms with E-state index in [0.29, 0.717) is 0 Å². The maximum absolute atomic E-state index is 3.45. The fourth-order valence-corrected chi connectivity index (χ4v) is 3.38. The Hall–Kier alpha value is -1.32. The van der Waals surface area contributed by atoms with E-state index in [-0.39, 0.29) is 0 Å². The molecule has 0 aromatic heterocycles. The third kappa shape index (κ3) is 4.08. The monoisotopic (exact) mass is 285 g/mol. The molecule has 0 spiro atoms. The zero-order valence-electron chi connectivity index (χ0n) is 13.1. The van der Waals surface area contributed by atoms with Crippen molar-refractivity contribution in [3.05, 3.63) is 41.6 Å². The first-order valence-corrected chi connectivity index (χ1v) is 8.23. The average Bonchev–Trinajstić information content (AvgIpc) is 2.54. The van der Waals surface area contributed by atoms with E-state index in [1.54, 1.807) is 0 Å². The molecule has 0 radical (unpaired) electrons. The molecule has 0 bridgehead atoms. The van der Waals surface area contributed by atoms with E-state index in [9.17, 15) is 0 Å². The van der Waals surface area contributed by atoms with Crippen molar-refractivity contribution in [1.82, 2.24) is 10.2 Å². The number of fused-ring (bicyclic) bond motifs is 1. The molecule has 0 aliphatic carbocycles. The lowest BCUT2D eigenvalue weighted by Crippen LogP contribution is -2.35. The molecule has 3 nitrogen and oxygen atoms in total. The Morgan fingerprint density at radius 3 is 2.86 bits per heavy atom. The van der Waals surface area contributed by atoms with Crippen molar-refractivity contribution >= 4 is 5.69 Å². The molecule has 3 rings (SSSR count). The van der Waals surface area contributed by atoms with E-state index in [1.807, 2.05) is 0 Å². The zero-order chi connectivity index (χ0) is 14.5. The van der Waals surface area contributed by atoms with Crippen LogP contribution in [0.4, 0.5) is 5.69 Å². The molecule has 1 fully saturated rings. The normalized spacial score (nSPS) is 19.0. The van der Waals surface area contributed by atoms with E-state index >= 15 is 0 Å². The number of piperidine rings is 1. The highest BCUT2D eigenvalue weighted by atomic mass is 15.1. The fourth-order valence-electron chi connectivity index (χ4n) is 3.38. The largest absolute Gasteiger partial charge is 0.361 e. The molecule has 0 amide bonds. The number of hydrogen-bond donors (Lipinski definition) is 2. The number of hydrogen-bond acceptors (Lipinski definition) is 3. The second-order valence-corrected chi connectivity index (χ2v) is 6.49. The molecule has 1 aromatic rings. The molecule has 2 heterocycles. The standard InChI is InChI=1S/C18H27N3/c1-21(14-15-6-9-19-10-7-15)11-8-16-12-17-4-2-3-5-18(17)20-13-16/h2-5,13,15,19-20H,6-12,14H2,1H3. The minimum absolute atomic E-state index is 0.885. The number of anilines is 1. The number of para-hydroxylation sites is 1. The Labute approximate surface area is 128 Å². The maximum Gasteiger partial charge on any atom is 0.0415 e. The van der Waals surface area contributed by atoms with Crippen LogP contribution in [0.5, 0.6) is 0 Å². The predicted octanol–water partition coefficient (Wildman–Crippen LogP) is 2.86. The van der Waals surface area contributed by atoms with Crippen LogP contribution >= 0.6 is 0 Å². The Morgan fingerprint density at radius 2 is 2.00 bits per heavy atom. The SMILES string of the molecule is CN(CCC1=CNc2ccccc2C1)CC1CCNCC1. The second-order valence-electron chi connectivity index (χ2n) is 6.49. The van der Waals surface area contributed by atoms with E-state index in [1.165, 1.54) is 62.3 Å². The Bertz CT molecular complexity index is 489. The summed E-state index contributed by atoms with van der Waals surface area (Å²) in [6.07, 6.45) is 7.15. The third-order valence-corrected chi connectivity index (χ3v) is 4.71. The van der Waals surface area contributed by atoms with Crippen LogP contribution in [0.2, 0.25) is 0 Å². The maximum atomic E-state index is 3.45. The van der Waals surface area contributed by atoms with Gasteiger partial charge in [-0.2, -0.15) is 0 Å². The summed E-state index contributed by atoms with van der Waals surface area (Å²) >= 11 is 0. The molecule has 0 unspecified atom stereocenters. The predicted molar refractivity (Wildman–Crippen MR) is 89.6 cm³/mol. The number of rotatable bonds is 5. The van der Waals surface area contributed by atoms with Gasteiger partial charge >= 0.3 is 0 Å². The van der Waals surface area contributed by atoms with E-state index < -0.39 is 0 Å². The van der Waals surface area contributed by atoms with Crippen LogP contribution in [0, 0.1) is 5.92 Å². The molecule has 21 heavy (non-hydrogen) atoms. The van der Waals surface area contributed by atoms with Crippen molar-refractivity contribution in [1.29, 1.82) is 0 Å². The summed E-state index contributed by atoms with van der Waals surface area (Å²) in [7, 11) is 2.27. The van der Waals surface area contributed by atoms with Crippen molar-refractivity contribution < 1.29 is 0 Å². The Balaban J connectivity index is 1.44. The van der Waals surface area contributed by atoms with Crippen LogP contribution in [-0.4, -0.2) is 38.1 Å². The van der Waals surface area contributed by atoms with Gasteiger partial charge in [-0.05, 0) is 68.9 Å². The van der Waals surface area contributed by atoms with Crippen LogP contribution in [0.1, 0.15) is 24.8 Å². The summed E-state index contributed by atoms with van der Waals surface area (Å²) in [6.45, 7) is 4.81. The topological polar surface area (TPSA) is 27.3 Å². The fraction of sp³-hybridized carbons (Fsp3) is 0.556. The second kappa shape index (κ2) is 7.10. The van der Waals surface area contributed by atoms with Crippen LogP contribution < -0.4 is 10.6 Å². The van der Waals surface area contributed by atoms with Crippen LogP contribution in [0.15, 0.2) is 36.0 Å². The molecule has 1 saturated heterocycles. The van der Waals surface area contributed by atoms with E-state index in [0.717, 1.165) is 12.3 Å². The lowest BCUT2D eigenvalue weighted by Gasteiger charge is -2.28. The van der Waals surface area contributed by atoms with Crippen LogP contribution in [0.3, 0.4) is 0 Å². The highest BCUT2D eigenvalue weighted by Gasteiger charge is 2.16. The summed E-state index contributed by atoms with van der Waals surface area (Å²) < 4.78 is 0. The Morgan fingerprint density at radius 1 is 1.19 bits per heavy atom. The molecule has 2 N–H and O–H groups in total. The summed E-state index contributed by atoms with van der Waals surface area (Å²) in [5.41, 5.74) is 4.21. The average molecular weight is 285 g/mol. The lowest BCUT2D eigenvalue weighted by molar-refractivity contribution is 0.242.